The first-order valence-electron chi connectivity index (χ1n) is 10.2. The number of rotatable bonds is 5. The Morgan fingerprint density at radius 1 is 1.07 bits per heavy atom. The second kappa shape index (κ2) is 8.33. The smallest absolute Gasteiger partial charge is 0.251 e. The van der Waals surface area contributed by atoms with E-state index in [9.17, 15) is 14.0 Å². The van der Waals surface area contributed by atoms with Gasteiger partial charge in [0.05, 0.1) is 24.8 Å². The van der Waals surface area contributed by atoms with Gasteiger partial charge >= 0.3 is 0 Å². The molecule has 0 bridgehead atoms. The van der Waals surface area contributed by atoms with Crippen molar-refractivity contribution < 1.29 is 18.7 Å². The van der Waals surface area contributed by atoms with Gasteiger partial charge < -0.3 is 4.74 Å². The van der Waals surface area contributed by atoms with Crippen LogP contribution in [0.15, 0.2) is 48.5 Å². The monoisotopic (exact) mass is 396 g/mol. The molecule has 0 N–H and O–H groups in total. The molecule has 4 rings (SSSR count). The number of carbonyl (C=O) groups excluding carboxylic acids is 2. The Hall–Kier alpha value is -2.73. The SMILES string of the molecule is CCOc1cccc(N2C(=O)C[C@@H](N3CCC(c4ccc(F)cc4)CC3)C2=O)c1. The summed E-state index contributed by atoms with van der Waals surface area (Å²) in [6.45, 7) is 3.92. The highest BCUT2D eigenvalue weighted by atomic mass is 19.1. The summed E-state index contributed by atoms with van der Waals surface area (Å²) in [7, 11) is 0. The molecule has 5 nitrogen and oxygen atoms in total. The van der Waals surface area contributed by atoms with Gasteiger partial charge in [-0.05, 0) is 68.6 Å². The molecule has 0 spiro atoms. The number of hydrogen-bond acceptors (Lipinski definition) is 4. The summed E-state index contributed by atoms with van der Waals surface area (Å²) in [6, 6.07) is 13.4. The Morgan fingerprint density at radius 2 is 1.79 bits per heavy atom. The Morgan fingerprint density at radius 3 is 2.48 bits per heavy atom. The number of nitrogens with zero attached hydrogens (tertiary/aromatic N) is 2. The van der Waals surface area contributed by atoms with E-state index in [-0.39, 0.29) is 24.1 Å². The zero-order valence-electron chi connectivity index (χ0n) is 16.5. The molecular weight excluding hydrogens is 371 g/mol. The molecule has 29 heavy (non-hydrogen) atoms. The van der Waals surface area contributed by atoms with Crippen LogP contribution in [0.1, 0.15) is 37.7 Å². The summed E-state index contributed by atoms with van der Waals surface area (Å²) in [5.41, 5.74) is 1.70. The third-order valence-electron chi connectivity index (χ3n) is 5.82. The van der Waals surface area contributed by atoms with Crippen molar-refractivity contribution in [1.82, 2.24) is 4.90 Å². The van der Waals surface area contributed by atoms with E-state index in [1.807, 2.05) is 25.1 Å². The maximum absolute atomic E-state index is 13.2. The number of imide groups is 1. The molecule has 2 aliphatic heterocycles. The van der Waals surface area contributed by atoms with E-state index < -0.39 is 6.04 Å². The molecule has 2 amide bonds. The van der Waals surface area contributed by atoms with Crippen molar-refractivity contribution in [2.45, 2.75) is 38.1 Å². The molecule has 6 heteroatoms. The second-order valence-corrected chi connectivity index (χ2v) is 7.58. The number of amides is 2. The van der Waals surface area contributed by atoms with Crippen LogP contribution in [-0.4, -0.2) is 42.5 Å². The number of anilines is 1. The summed E-state index contributed by atoms with van der Waals surface area (Å²) in [6.07, 6.45) is 1.99. The zero-order valence-corrected chi connectivity index (χ0v) is 16.5. The molecule has 0 aromatic heterocycles. The maximum Gasteiger partial charge on any atom is 0.251 e. The molecule has 2 aromatic rings. The largest absolute Gasteiger partial charge is 0.494 e. The van der Waals surface area contributed by atoms with Crippen LogP contribution in [0, 0.1) is 5.82 Å². The Balaban J connectivity index is 1.43. The quantitative estimate of drug-likeness (QED) is 0.723. The van der Waals surface area contributed by atoms with E-state index in [1.165, 1.54) is 17.0 Å². The van der Waals surface area contributed by atoms with Crippen LogP contribution in [0.25, 0.3) is 0 Å². The van der Waals surface area contributed by atoms with Gasteiger partial charge in [0.15, 0.2) is 0 Å². The maximum atomic E-state index is 13.2. The number of halogens is 1. The number of piperidine rings is 1. The highest BCUT2D eigenvalue weighted by Gasteiger charge is 2.43. The molecule has 0 saturated carbocycles. The predicted molar refractivity (Wildman–Crippen MR) is 108 cm³/mol. The van der Waals surface area contributed by atoms with Crippen LogP contribution < -0.4 is 9.64 Å². The fourth-order valence-corrected chi connectivity index (χ4v) is 4.33. The normalized spacial score (nSPS) is 21.0. The number of benzene rings is 2. The van der Waals surface area contributed by atoms with Gasteiger partial charge in [-0.3, -0.25) is 14.5 Å². The molecule has 2 saturated heterocycles. The van der Waals surface area contributed by atoms with Crippen LogP contribution in [0.3, 0.4) is 0 Å². The highest BCUT2D eigenvalue weighted by molar-refractivity contribution is 6.22. The van der Waals surface area contributed by atoms with Gasteiger partial charge in [-0.25, -0.2) is 9.29 Å². The van der Waals surface area contributed by atoms with Gasteiger partial charge in [-0.15, -0.1) is 0 Å². The summed E-state index contributed by atoms with van der Waals surface area (Å²) < 4.78 is 18.7. The van der Waals surface area contributed by atoms with Crippen LogP contribution in [0.2, 0.25) is 0 Å². The van der Waals surface area contributed by atoms with E-state index in [2.05, 4.69) is 4.90 Å². The second-order valence-electron chi connectivity index (χ2n) is 7.58. The fraction of sp³-hybridized carbons (Fsp3) is 0.391. The molecule has 2 aromatic carbocycles. The minimum Gasteiger partial charge on any atom is -0.494 e. The van der Waals surface area contributed by atoms with Gasteiger partial charge in [0.1, 0.15) is 11.6 Å². The zero-order chi connectivity index (χ0) is 20.4. The molecule has 2 fully saturated rings. The van der Waals surface area contributed by atoms with Crippen molar-refractivity contribution in [2.24, 2.45) is 0 Å². The minimum absolute atomic E-state index is 0.163. The van der Waals surface area contributed by atoms with Crippen LogP contribution in [-0.2, 0) is 9.59 Å². The Labute approximate surface area is 170 Å². The first kappa shape index (κ1) is 19.6. The summed E-state index contributed by atoms with van der Waals surface area (Å²) >= 11 is 0. The van der Waals surface area contributed by atoms with Crippen molar-refractivity contribution in [3.05, 3.63) is 59.9 Å². The van der Waals surface area contributed by atoms with Crippen molar-refractivity contribution in [1.29, 1.82) is 0 Å². The lowest BCUT2D eigenvalue weighted by atomic mass is 9.89. The van der Waals surface area contributed by atoms with E-state index in [0.717, 1.165) is 31.5 Å². The summed E-state index contributed by atoms with van der Waals surface area (Å²) in [5.74, 6) is 0.445. The van der Waals surface area contributed by atoms with E-state index in [1.54, 1.807) is 18.2 Å². The topological polar surface area (TPSA) is 49.9 Å². The minimum atomic E-state index is -0.410. The van der Waals surface area contributed by atoms with Gasteiger partial charge in [0.25, 0.3) is 5.91 Å². The molecule has 1 atom stereocenters. The first-order valence-corrected chi connectivity index (χ1v) is 10.2. The van der Waals surface area contributed by atoms with Gasteiger partial charge in [-0.1, -0.05) is 18.2 Å². The van der Waals surface area contributed by atoms with Crippen molar-refractivity contribution >= 4 is 17.5 Å². The third kappa shape index (κ3) is 4.03. The Kier molecular flexibility index (Phi) is 5.62. The van der Waals surface area contributed by atoms with Crippen LogP contribution in [0.4, 0.5) is 10.1 Å². The molecule has 152 valence electrons. The number of likely N-dealkylation sites (tertiary alicyclic amines) is 1. The molecule has 2 aliphatic rings. The van der Waals surface area contributed by atoms with E-state index in [0.29, 0.717) is 24.0 Å². The summed E-state index contributed by atoms with van der Waals surface area (Å²) in [4.78, 5) is 29.1. The Bertz CT molecular complexity index is 891. The summed E-state index contributed by atoms with van der Waals surface area (Å²) in [5, 5.41) is 0. The molecular formula is C23H25FN2O3. The van der Waals surface area contributed by atoms with Crippen molar-refractivity contribution in [2.75, 3.05) is 24.6 Å². The fourth-order valence-electron chi connectivity index (χ4n) is 4.33. The molecule has 0 radical (unpaired) electrons. The van der Waals surface area contributed by atoms with Gasteiger partial charge in [0, 0.05) is 6.07 Å². The third-order valence-corrected chi connectivity index (χ3v) is 5.82. The lowest BCUT2D eigenvalue weighted by Crippen LogP contribution is -2.45. The van der Waals surface area contributed by atoms with Crippen molar-refractivity contribution in [3.8, 4) is 5.75 Å². The lowest BCUT2D eigenvalue weighted by Gasteiger charge is -2.35. The van der Waals surface area contributed by atoms with E-state index in [4.69, 9.17) is 4.74 Å². The highest BCUT2D eigenvalue weighted by Crippen LogP contribution is 2.33. The van der Waals surface area contributed by atoms with Gasteiger partial charge in [-0.2, -0.15) is 0 Å². The van der Waals surface area contributed by atoms with Crippen LogP contribution >= 0.6 is 0 Å². The average molecular weight is 396 g/mol. The number of hydrogen-bond donors (Lipinski definition) is 0. The van der Waals surface area contributed by atoms with Crippen LogP contribution in [0.5, 0.6) is 5.75 Å². The standard InChI is InChI=1S/C23H25FN2O3/c1-2-29-20-5-3-4-19(14-20)26-22(27)15-21(23(26)28)25-12-10-17(11-13-25)16-6-8-18(24)9-7-16/h3-9,14,17,21H,2,10-13,15H2,1H3/t21-/m1/s1. The first-order chi connectivity index (χ1) is 14.1. The number of carbonyl (C=O) groups is 2. The molecule has 0 unspecified atom stereocenters. The average Bonchev–Trinajstić information content (AvgIpc) is 3.03. The van der Waals surface area contributed by atoms with Gasteiger partial charge in [0.2, 0.25) is 5.91 Å². The molecule has 0 aliphatic carbocycles. The van der Waals surface area contributed by atoms with Crippen molar-refractivity contribution in [3.63, 3.8) is 0 Å². The lowest BCUT2D eigenvalue weighted by molar-refractivity contribution is -0.123. The molecule has 2 heterocycles. The number of ether oxygens (including phenoxy) is 1. The predicted octanol–water partition coefficient (Wildman–Crippen LogP) is 3.74. The van der Waals surface area contributed by atoms with E-state index >= 15 is 0 Å².